The van der Waals surface area contributed by atoms with E-state index < -0.39 is 0 Å². The third kappa shape index (κ3) is 2.34. The van der Waals surface area contributed by atoms with Crippen molar-refractivity contribution in [1.82, 2.24) is 4.57 Å². The molecule has 0 spiro atoms. The molecule has 0 saturated carbocycles. The number of nitrogens with zero attached hydrogens (tertiary/aromatic N) is 1. The van der Waals surface area contributed by atoms with E-state index in [0.717, 1.165) is 13.1 Å². The summed E-state index contributed by atoms with van der Waals surface area (Å²) in [6.07, 6.45) is 0. The van der Waals surface area contributed by atoms with Gasteiger partial charge in [-0.2, -0.15) is 0 Å². The average Bonchev–Trinajstić information content (AvgIpc) is 2.36. The van der Waals surface area contributed by atoms with Crippen LogP contribution in [0.5, 0.6) is 0 Å². The summed E-state index contributed by atoms with van der Waals surface area (Å²) >= 11 is 0. The lowest BCUT2D eigenvalue weighted by molar-refractivity contribution is 0.312. The minimum absolute atomic E-state index is 0.189. The molecule has 2 N–H and O–H groups in total. The molecule has 1 aromatic rings. The van der Waals surface area contributed by atoms with Gasteiger partial charge in [-0.15, -0.1) is 0 Å². The summed E-state index contributed by atoms with van der Waals surface area (Å²) in [5.74, 6) is 0. The molecular weight excluding hydrogens is 160 g/mol. The summed E-state index contributed by atoms with van der Waals surface area (Å²) in [5.41, 5.74) is 8.54. The molecule has 0 unspecified atom stereocenters. The highest BCUT2D eigenvalue weighted by Gasteiger charge is 2.17. The maximum absolute atomic E-state index is 5.71. The molecule has 0 aromatic carbocycles. The van der Waals surface area contributed by atoms with E-state index in [1.54, 1.807) is 0 Å². The van der Waals surface area contributed by atoms with Crippen molar-refractivity contribution in [2.24, 2.45) is 11.1 Å². The van der Waals surface area contributed by atoms with E-state index in [-0.39, 0.29) is 5.41 Å². The van der Waals surface area contributed by atoms with Crippen molar-refractivity contribution in [3.8, 4) is 0 Å². The first-order valence-corrected chi connectivity index (χ1v) is 4.79. The number of rotatable bonds is 3. The van der Waals surface area contributed by atoms with Gasteiger partial charge in [0.1, 0.15) is 0 Å². The predicted octanol–water partition coefficient (Wildman–Crippen LogP) is 2.09. The van der Waals surface area contributed by atoms with Gasteiger partial charge in [-0.3, -0.25) is 0 Å². The van der Waals surface area contributed by atoms with Crippen LogP contribution >= 0.6 is 0 Å². The normalized spacial score (nSPS) is 12.1. The van der Waals surface area contributed by atoms with Gasteiger partial charge in [0.2, 0.25) is 0 Å². The number of aryl methyl sites for hydroxylation is 2. The molecule has 1 heterocycles. The third-order valence-corrected chi connectivity index (χ3v) is 2.56. The molecular formula is C11H20N2. The van der Waals surface area contributed by atoms with Crippen molar-refractivity contribution < 1.29 is 0 Å². The van der Waals surface area contributed by atoms with Gasteiger partial charge >= 0.3 is 0 Å². The zero-order valence-electron chi connectivity index (χ0n) is 9.09. The lowest BCUT2D eigenvalue weighted by Gasteiger charge is -2.25. The van der Waals surface area contributed by atoms with Crippen LogP contribution in [-0.4, -0.2) is 11.1 Å². The Morgan fingerprint density at radius 3 is 2.08 bits per heavy atom. The van der Waals surface area contributed by atoms with E-state index in [0.29, 0.717) is 0 Å². The molecule has 1 aromatic heterocycles. The second kappa shape index (κ2) is 3.54. The van der Waals surface area contributed by atoms with Crippen LogP contribution in [0.3, 0.4) is 0 Å². The van der Waals surface area contributed by atoms with Gasteiger partial charge < -0.3 is 10.3 Å². The maximum Gasteiger partial charge on any atom is 0.0287 e. The van der Waals surface area contributed by atoms with E-state index in [1.807, 2.05) is 0 Å². The van der Waals surface area contributed by atoms with Crippen molar-refractivity contribution in [2.75, 3.05) is 6.54 Å². The van der Waals surface area contributed by atoms with Crippen molar-refractivity contribution in [3.63, 3.8) is 0 Å². The van der Waals surface area contributed by atoms with Crippen LogP contribution in [0.2, 0.25) is 0 Å². The molecule has 0 atom stereocenters. The quantitative estimate of drug-likeness (QED) is 0.758. The molecule has 0 bridgehead atoms. The summed E-state index contributed by atoms with van der Waals surface area (Å²) < 4.78 is 2.33. The van der Waals surface area contributed by atoms with Gasteiger partial charge in [0.05, 0.1) is 0 Å². The van der Waals surface area contributed by atoms with Crippen LogP contribution in [0.1, 0.15) is 25.2 Å². The molecule has 0 aliphatic heterocycles. The zero-order chi connectivity index (χ0) is 10.1. The van der Waals surface area contributed by atoms with Crippen LogP contribution in [0.15, 0.2) is 12.1 Å². The molecule has 0 amide bonds. The molecule has 2 heteroatoms. The Kier molecular flexibility index (Phi) is 2.81. The van der Waals surface area contributed by atoms with Crippen LogP contribution in [-0.2, 0) is 6.54 Å². The highest BCUT2D eigenvalue weighted by atomic mass is 15.0. The number of hydrogen-bond donors (Lipinski definition) is 1. The summed E-state index contributed by atoms with van der Waals surface area (Å²) in [7, 11) is 0. The molecule has 1 rings (SSSR count). The first-order valence-electron chi connectivity index (χ1n) is 4.79. The number of aromatic nitrogens is 1. The highest BCUT2D eigenvalue weighted by Crippen LogP contribution is 2.19. The summed E-state index contributed by atoms with van der Waals surface area (Å²) in [5, 5.41) is 0. The molecule has 2 nitrogen and oxygen atoms in total. The molecule has 13 heavy (non-hydrogen) atoms. The van der Waals surface area contributed by atoms with Gasteiger partial charge in [-0.05, 0) is 37.9 Å². The smallest absolute Gasteiger partial charge is 0.0287 e. The fraction of sp³-hybridized carbons (Fsp3) is 0.636. The summed E-state index contributed by atoms with van der Waals surface area (Å²) in [6.45, 7) is 10.4. The van der Waals surface area contributed by atoms with Crippen LogP contribution in [0, 0.1) is 19.3 Å². The van der Waals surface area contributed by atoms with E-state index >= 15 is 0 Å². The van der Waals surface area contributed by atoms with Gasteiger partial charge in [0.25, 0.3) is 0 Å². The fourth-order valence-electron chi connectivity index (χ4n) is 1.44. The highest BCUT2D eigenvalue weighted by molar-refractivity contribution is 5.13. The largest absolute Gasteiger partial charge is 0.349 e. The topological polar surface area (TPSA) is 30.9 Å². The van der Waals surface area contributed by atoms with Gasteiger partial charge in [-0.25, -0.2) is 0 Å². The molecule has 0 saturated heterocycles. The fourth-order valence-corrected chi connectivity index (χ4v) is 1.44. The second-order valence-electron chi connectivity index (χ2n) is 4.57. The van der Waals surface area contributed by atoms with Crippen LogP contribution in [0.4, 0.5) is 0 Å². The SMILES string of the molecule is Cc1ccc(C)n1CC(C)(C)CN. The lowest BCUT2D eigenvalue weighted by Crippen LogP contribution is -2.29. The molecule has 0 radical (unpaired) electrons. The van der Waals surface area contributed by atoms with Crippen molar-refractivity contribution in [1.29, 1.82) is 0 Å². The number of nitrogens with two attached hydrogens (primary N) is 1. The Bertz CT molecular complexity index is 265. The second-order valence-corrected chi connectivity index (χ2v) is 4.57. The van der Waals surface area contributed by atoms with Crippen LogP contribution in [0.25, 0.3) is 0 Å². The Labute approximate surface area is 80.7 Å². The Balaban J connectivity index is 2.85. The molecule has 74 valence electrons. The Morgan fingerprint density at radius 2 is 1.69 bits per heavy atom. The molecule has 0 aliphatic rings. The Hall–Kier alpha value is -0.760. The predicted molar refractivity (Wildman–Crippen MR) is 56.7 cm³/mol. The monoisotopic (exact) mass is 180 g/mol. The maximum atomic E-state index is 5.71. The molecule has 0 aliphatic carbocycles. The van der Waals surface area contributed by atoms with Gasteiger partial charge in [0, 0.05) is 17.9 Å². The minimum Gasteiger partial charge on any atom is -0.349 e. The van der Waals surface area contributed by atoms with Crippen molar-refractivity contribution in [2.45, 2.75) is 34.2 Å². The standard InChI is InChI=1S/C11H20N2/c1-9-5-6-10(2)13(9)8-11(3,4)7-12/h5-6H,7-8,12H2,1-4H3. The first-order chi connectivity index (χ1) is 5.96. The summed E-state index contributed by atoms with van der Waals surface area (Å²) in [6, 6.07) is 4.31. The molecule has 0 fully saturated rings. The van der Waals surface area contributed by atoms with E-state index in [2.05, 4.69) is 44.4 Å². The van der Waals surface area contributed by atoms with E-state index in [4.69, 9.17) is 5.73 Å². The summed E-state index contributed by atoms with van der Waals surface area (Å²) in [4.78, 5) is 0. The van der Waals surface area contributed by atoms with E-state index in [9.17, 15) is 0 Å². The zero-order valence-corrected chi connectivity index (χ0v) is 9.09. The van der Waals surface area contributed by atoms with Gasteiger partial charge in [0.15, 0.2) is 0 Å². The average molecular weight is 180 g/mol. The van der Waals surface area contributed by atoms with Gasteiger partial charge in [-0.1, -0.05) is 13.8 Å². The Morgan fingerprint density at radius 1 is 1.23 bits per heavy atom. The van der Waals surface area contributed by atoms with E-state index in [1.165, 1.54) is 11.4 Å². The first kappa shape index (κ1) is 10.3. The van der Waals surface area contributed by atoms with Crippen LogP contribution < -0.4 is 5.73 Å². The number of hydrogen-bond acceptors (Lipinski definition) is 1. The third-order valence-electron chi connectivity index (χ3n) is 2.56. The lowest BCUT2D eigenvalue weighted by atomic mass is 9.93. The minimum atomic E-state index is 0.189. The van der Waals surface area contributed by atoms with Crippen molar-refractivity contribution >= 4 is 0 Å². The van der Waals surface area contributed by atoms with Crippen molar-refractivity contribution in [3.05, 3.63) is 23.5 Å².